The second-order valence-electron chi connectivity index (χ2n) is 5.67. The standard InChI is InChI=1S/C18H20BrNO2/c19-16-5-7-18(8-6-16)22-13-17(21)12-20-10-9-14-3-1-2-4-15(14)11-20/h1-8,17,21H,9-13H2/t17-/m1/s1. The number of benzene rings is 2. The molecule has 0 spiro atoms. The quantitative estimate of drug-likeness (QED) is 0.887. The van der Waals surface area contributed by atoms with Crippen molar-refractivity contribution < 1.29 is 9.84 Å². The summed E-state index contributed by atoms with van der Waals surface area (Å²) in [4.78, 5) is 2.29. The molecule has 0 saturated carbocycles. The van der Waals surface area contributed by atoms with Crippen molar-refractivity contribution in [3.05, 3.63) is 64.1 Å². The highest BCUT2D eigenvalue weighted by Crippen LogP contribution is 2.19. The Hall–Kier alpha value is -1.36. The zero-order chi connectivity index (χ0) is 15.4. The predicted molar refractivity (Wildman–Crippen MR) is 91.1 cm³/mol. The normalized spacial score (nSPS) is 16.1. The molecular weight excluding hydrogens is 342 g/mol. The van der Waals surface area contributed by atoms with Gasteiger partial charge in [-0.1, -0.05) is 40.2 Å². The molecule has 1 aliphatic rings. The summed E-state index contributed by atoms with van der Waals surface area (Å²) in [6.45, 7) is 2.86. The Balaban J connectivity index is 1.48. The first-order valence-corrected chi connectivity index (χ1v) is 8.35. The Morgan fingerprint density at radius 3 is 2.59 bits per heavy atom. The van der Waals surface area contributed by atoms with Gasteiger partial charge in [-0.25, -0.2) is 0 Å². The van der Waals surface area contributed by atoms with Gasteiger partial charge in [0.05, 0.1) is 0 Å². The van der Waals surface area contributed by atoms with Crippen LogP contribution in [0, 0.1) is 0 Å². The summed E-state index contributed by atoms with van der Waals surface area (Å²) in [7, 11) is 0. The number of aliphatic hydroxyl groups is 1. The summed E-state index contributed by atoms with van der Waals surface area (Å²) in [6.07, 6.45) is 0.574. The van der Waals surface area contributed by atoms with Gasteiger partial charge in [-0.15, -0.1) is 0 Å². The molecule has 0 aliphatic carbocycles. The summed E-state index contributed by atoms with van der Waals surface area (Å²) in [6, 6.07) is 16.2. The van der Waals surface area contributed by atoms with E-state index in [4.69, 9.17) is 4.74 Å². The molecule has 2 aromatic carbocycles. The molecule has 0 bridgehead atoms. The molecule has 0 radical (unpaired) electrons. The summed E-state index contributed by atoms with van der Waals surface area (Å²) in [5.74, 6) is 0.784. The van der Waals surface area contributed by atoms with E-state index in [0.29, 0.717) is 13.2 Å². The molecule has 3 nitrogen and oxygen atoms in total. The molecule has 0 aromatic heterocycles. The van der Waals surface area contributed by atoms with Crippen LogP contribution in [0.5, 0.6) is 5.75 Å². The molecule has 116 valence electrons. The first-order valence-electron chi connectivity index (χ1n) is 7.56. The number of nitrogens with zero attached hydrogens (tertiary/aromatic N) is 1. The van der Waals surface area contributed by atoms with Gasteiger partial charge >= 0.3 is 0 Å². The lowest BCUT2D eigenvalue weighted by atomic mass is 10.00. The summed E-state index contributed by atoms with van der Waals surface area (Å²) in [5, 5.41) is 10.2. The Morgan fingerprint density at radius 2 is 1.82 bits per heavy atom. The van der Waals surface area contributed by atoms with E-state index in [1.165, 1.54) is 11.1 Å². The highest BCUT2D eigenvalue weighted by atomic mass is 79.9. The van der Waals surface area contributed by atoms with Gasteiger partial charge < -0.3 is 9.84 Å². The van der Waals surface area contributed by atoms with Gasteiger partial charge in [0.25, 0.3) is 0 Å². The minimum absolute atomic E-state index is 0.319. The Labute approximate surface area is 139 Å². The van der Waals surface area contributed by atoms with E-state index in [2.05, 4.69) is 45.1 Å². The molecule has 1 atom stereocenters. The minimum Gasteiger partial charge on any atom is -0.491 e. The van der Waals surface area contributed by atoms with Gasteiger partial charge in [-0.05, 0) is 41.8 Å². The molecule has 0 unspecified atom stereocenters. The zero-order valence-electron chi connectivity index (χ0n) is 12.4. The van der Waals surface area contributed by atoms with Crippen LogP contribution >= 0.6 is 15.9 Å². The van der Waals surface area contributed by atoms with Gasteiger partial charge in [0.2, 0.25) is 0 Å². The van der Waals surface area contributed by atoms with E-state index in [1.807, 2.05) is 24.3 Å². The molecule has 2 aromatic rings. The number of halogens is 1. The van der Waals surface area contributed by atoms with Crippen LogP contribution in [0.3, 0.4) is 0 Å². The third kappa shape index (κ3) is 4.09. The van der Waals surface area contributed by atoms with Crippen molar-refractivity contribution in [3.63, 3.8) is 0 Å². The molecule has 0 saturated heterocycles. The lowest BCUT2D eigenvalue weighted by molar-refractivity contribution is 0.0638. The van der Waals surface area contributed by atoms with Crippen molar-refractivity contribution in [2.24, 2.45) is 0 Å². The fraction of sp³-hybridized carbons (Fsp3) is 0.333. The number of aliphatic hydroxyl groups excluding tert-OH is 1. The van der Waals surface area contributed by atoms with Crippen LogP contribution in [0.4, 0.5) is 0 Å². The molecule has 1 N–H and O–H groups in total. The van der Waals surface area contributed by atoms with E-state index in [1.54, 1.807) is 0 Å². The van der Waals surface area contributed by atoms with Crippen LogP contribution in [0.15, 0.2) is 53.0 Å². The number of ether oxygens (including phenoxy) is 1. The van der Waals surface area contributed by atoms with Gasteiger partial charge in [0.15, 0.2) is 0 Å². The second-order valence-corrected chi connectivity index (χ2v) is 6.59. The van der Waals surface area contributed by atoms with Crippen molar-refractivity contribution in [2.45, 2.75) is 19.1 Å². The highest BCUT2D eigenvalue weighted by molar-refractivity contribution is 9.10. The third-order valence-corrected chi connectivity index (χ3v) is 4.46. The molecule has 0 fully saturated rings. The maximum absolute atomic E-state index is 10.2. The SMILES string of the molecule is O[C@@H](COc1ccc(Br)cc1)CN1CCc2ccccc2C1. The Bertz CT molecular complexity index is 615. The van der Waals surface area contributed by atoms with Crippen molar-refractivity contribution in [1.29, 1.82) is 0 Å². The predicted octanol–water partition coefficient (Wildman–Crippen LogP) is 3.25. The third-order valence-electron chi connectivity index (χ3n) is 3.93. The van der Waals surface area contributed by atoms with Gasteiger partial charge in [-0.2, -0.15) is 0 Å². The first-order chi connectivity index (χ1) is 10.7. The van der Waals surface area contributed by atoms with Crippen LogP contribution in [0.2, 0.25) is 0 Å². The smallest absolute Gasteiger partial charge is 0.119 e. The summed E-state index contributed by atoms with van der Waals surface area (Å²) >= 11 is 3.39. The van der Waals surface area contributed by atoms with E-state index in [0.717, 1.165) is 29.7 Å². The van der Waals surface area contributed by atoms with E-state index in [9.17, 15) is 5.11 Å². The molecule has 4 heteroatoms. The molecule has 1 heterocycles. The highest BCUT2D eigenvalue weighted by Gasteiger charge is 2.18. The van der Waals surface area contributed by atoms with Gasteiger partial charge in [0.1, 0.15) is 18.5 Å². The van der Waals surface area contributed by atoms with E-state index < -0.39 is 6.10 Å². The van der Waals surface area contributed by atoms with Crippen LogP contribution in [-0.2, 0) is 13.0 Å². The van der Waals surface area contributed by atoms with Crippen LogP contribution in [0.25, 0.3) is 0 Å². The molecule has 1 aliphatic heterocycles. The number of hydrogen-bond donors (Lipinski definition) is 1. The summed E-state index contributed by atoms with van der Waals surface area (Å²) < 4.78 is 6.66. The Kier molecular flexibility index (Phi) is 5.13. The largest absolute Gasteiger partial charge is 0.491 e. The monoisotopic (exact) mass is 361 g/mol. The fourth-order valence-corrected chi connectivity index (χ4v) is 3.05. The van der Waals surface area contributed by atoms with Crippen molar-refractivity contribution in [1.82, 2.24) is 4.90 Å². The second kappa shape index (κ2) is 7.27. The number of rotatable bonds is 5. The average molecular weight is 362 g/mol. The zero-order valence-corrected chi connectivity index (χ0v) is 14.0. The van der Waals surface area contributed by atoms with Gasteiger partial charge in [-0.3, -0.25) is 4.90 Å². The maximum Gasteiger partial charge on any atom is 0.119 e. The topological polar surface area (TPSA) is 32.7 Å². The van der Waals surface area contributed by atoms with Crippen LogP contribution in [0.1, 0.15) is 11.1 Å². The lowest BCUT2D eigenvalue weighted by Gasteiger charge is -2.30. The van der Waals surface area contributed by atoms with E-state index >= 15 is 0 Å². The van der Waals surface area contributed by atoms with Crippen LogP contribution in [-0.4, -0.2) is 35.8 Å². The average Bonchev–Trinajstić information content (AvgIpc) is 2.54. The summed E-state index contributed by atoms with van der Waals surface area (Å²) in [5.41, 5.74) is 2.80. The van der Waals surface area contributed by atoms with E-state index in [-0.39, 0.29) is 0 Å². The first kappa shape index (κ1) is 15.5. The van der Waals surface area contributed by atoms with Crippen molar-refractivity contribution >= 4 is 15.9 Å². The lowest BCUT2D eigenvalue weighted by Crippen LogP contribution is -2.38. The maximum atomic E-state index is 10.2. The molecular formula is C18H20BrNO2. The molecule has 0 amide bonds. The molecule has 3 rings (SSSR count). The minimum atomic E-state index is -0.478. The number of fused-ring (bicyclic) bond motifs is 1. The fourth-order valence-electron chi connectivity index (χ4n) is 2.78. The van der Waals surface area contributed by atoms with Crippen molar-refractivity contribution in [3.8, 4) is 5.75 Å². The Morgan fingerprint density at radius 1 is 1.09 bits per heavy atom. The number of hydrogen-bond acceptors (Lipinski definition) is 3. The van der Waals surface area contributed by atoms with Crippen LogP contribution < -0.4 is 4.74 Å². The molecule has 22 heavy (non-hydrogen) atoms. The van der Waals surface area contributed by atoms with Gasteiger partial charge in [0, 0.05) is 24.1 Å². The number of β-amino-alcohol motifs (C(OH)–C–C–N with tert-alkyl or cyclic N) is 1. The van der Waals surface area contributed by atoms with Crippen molar-refractivity contribution in [2.75, 3.05) is 19.7 Å².